The molecule has 4 aromatic rings. The Hall–Kier alpha value is -4.30. The molecule has 2 heteroatoms. The monoisotopic (exact) mass is 520 g/mol. The number of aromatic nitrogens is 1. The first-order valence-electron chi connectivity index (χ1n) is 14.7. The first kappa shape index (κ1) is 24.7. The van der Waals surface area contributed by atoms with Gasteiger partial charge in [0.05, 0.1) is 6.04 Å². The van der Waals surface area contributed by atoms with E-state index in [-0.39, 0.29) is 6.04 Å². The van der Waals surface area contributed by atoms with E-state index in [0.717, 1.165) is 25.7 Å². The van der Waals surface area contributed by atoms with Crippen molar-refractivity contribution in [2.45, 2.75) is 45.6 Å². The van der Waals surface area contributed by atoms with Crippen LogP contribution in [-0.2, 0) is 12.8 Å². The van der Waals surface area contributed by atoms with Gasteiger partial charge >= 0.3 is 0 Å². The lowest BCUT2D eigenvalue weighted by Gasteiger charge is -2.36. The first-order chi connectivity index (χ1) is 19.7. The summed E-state index contributed by atoms with van der Waals surface area (Å²) in [6.07, 6.45) is 20.9. The zero-order valence-corrected chi connectivity index (χ0v) is 23.4. The van der Waals surface area contributed by atoms with E-state index < -0.39 is 0 Å². The lowest BCUT2D eigenvalue weighted by atomic mass is 9.91. The molecule has 0 saturated heterocycles. The Kier molecular flexibility index (Phi) is 6.40. The van der Waals surface area contributed by atoms with E-state index in [4.69, 9.17) is 0 Å². The van der Waals surface area contributed by atoms with Gasteiger partial charge in [0.1, 0.15) is 0 Å². The molecule has 0 amide bonds. The fraction of sp³-hybridized carbons (Fsp3) is 0.211. The van der Waals surface area contributed by atoms with Gasteiger partial charge in [0.15, 0.2) is 0 Å². The molecule has 3 aliphatic rings. The summed E-state index contributed by atoms with van der Waals surface area (Å²) < 4.78 is 2.47. The minimum absolute atomic E-state index is 0.276. The lowest BCUT2D eigenvalue weighted by molar-refractivity contribution is 0.605. The maximum Gasteiger partial charge on any atom is 0.0585 e. The van der Waals surface area contributed by atoms with Gasteiger partial charge in [0.25, 0.3) is 0 Å². The minimum Gasteiger partial charge on any atom is -0.334 e. The number of anilines is 2. The van der Waals surface area contributed by atoms with Crippen LogP contribution in [0.4, 0.5) is 11.4 Å². The average molecular weight is 521 g/mol. The van der Waals surface area contributed by atoms with Crippen LogP contribution in [0.3, 0.4) is 0 Å². The second-order valence-corrected chi connectivity index (χ2v) is 11.4. The van der Waals surface area contributed by atoms with Crippen LogP contribution in [0.5, 0.6) is 0 Å². The third kappa shape index (κ3) is 4.38. The van der Waals surface area contributed by atoms with E-state index in [0.29, 0.717) is 5.92 Å². The fourth-order valence-corrected chi connectivity index (χ4v) is 6.76. The molecule has 1 aromatic heterocycles. The normalized spacial score (nSPS) is 19.2. The number of fused-ring (bicyclic) bond motifs is 3. The Bertz CT molecular complexity index is 1600. The van der Waals surface area contributed by atoms with Gasteiger partial charge in [0, 0.05) is 28.5 Å². The van der Waals surface area contributed by atoms with Crippen LogP contribution in [-0.4, -0.2) is 10.6 Å². The Morgan fingerprint density at radius 1 is 0.675 bits per heavy atom. The van der Waals surface area contributed by atoms with E-state index in [1.165, 1.54) is 45.2 Å². The van der Waals surface area contributed by atoms with Gasteiger partial charge in [-0.3, -0.25) is 0 Å². The molecule has 2 unspecified atom stereocenters. The van der Waals surface area contributed by atoms with E-state index in [2.05, 4.69) is 145 Å². The number of hydrogen-bond donors (Lipinski definition) is 0. The maximum absolute atomic E-state index is 2.47. The molecule has 2 nitrogen and oxygen atoms in total. The Morgan fingerprint density at radius 2 is 1.25 bits per heavy atom. The third-order valence-corrected chi connectivity index (χ3v) is 8.70. The molecular formula is C38H36N2. The largest absolute Gasteiger partial charge is 0.334 e. The molecule has 3 aliphatic carbocycles. The topological polar surface area (TPSA) is 8.17 Å². The van der Waals surface area contributed by atoms with Crippen LogP contribution in [0.1, 0.15) is 49.2 Å². The molecule has 0 aliphatic heterocycles. The zero-order chi connectivity index (χ0) is 27.1. The standard InChI is InChI=1S/C38H36N2/c1-27-16-25-36(28(2)26-27)39(31-10-4-3-5-11-31)32-21-17-29(18-22-32)30-19-23-33(24-20-30)40-37-14-8-6-12-34(37)35-13-7-9-15-38(35)40/h3-5,8-11,14-26,28,36H,6-7,12-13H2,1-2H3. The molecule has 7 rings (SSSR count). The third-order valence-electron chi connectivity index (χ3n) is 8.70. The number of para-hydroxylation sites is 1. The molecule has 2 atom stereocenters. The first-order valence-corrected chi connectivity index (χ1v) is 14.7. The quantitative estimate of drug-likeness (QED) is 0.254. The van der Waals surface area contributed by atoms with Crippen molar-refractivity contribution >= 4 is 23.5 Å². The van der Waals surface area contributed by atoms with Crippen LogP contribution >= 0.6 is 0 Å². The van der Waals surface area contributed by atoms with Gasteiger partial charge in [0.2, 0.25) is 0 Å². The number of benzene rings is 3. The number of hydrogen-bond acceptors (Lipinski definition) is 1. The minimum atomic E-state index is 0.276. The molecule has 0 radical (unpaired) electrons. The van der Waals surface area contributed by atoms with Gasteiger partial charge in [-0.1, -0.05) is 85.3 Å². The summed E-state index contributed by atoms with van der Waals surface area (Å²) >= 11 is 0. The molecule has 40 heavy (non-hydrogen) atoms. The van der Waals surface area contributed by atoms with Gasteiger partial charge in [-0.05, 0) is 109 Å². The van der Waals surface area contributed by atoms with Crippen molar-refractivity contribution in [2.75, 3.05) is 4.90 Å². The van der Waals surface area contributed by atoms with Crippen LogP contribution in [0.15, 0.2) is 115 Å². The van der Waals surface area contributed by atoms with E-state index in [9.17, 15) is 0 Å². The van der Waals surface area contributed by atoms with Crippen molar-refractivity contribution in [3.05, 3.63) is 137 Å². The van der Waals surface area contributed by atoms with E-state index in [1.54, 1.807) is 11.1 Å². The maximum atomic E-state index is 2.47. The van der Waals surface area contributed by atoms with Gasteiger partial charge < -0.3 is 9.47 Å². The molecule has 198 valence electrons. The van der Waals surface area contributed by atoms with Gasteiger partial charge in [-0.25, -0.2) is 0 Å². The van der Waals surface area contributed by atoms with Crippen molar-refractivity contribution in [3.8, 4) is 16.8 Å². The molecule has 3 aromatic carbocycles. The summed E-state index contributed by atoms with van der Waals surface area (Å²) in [5.41, 5.74) is 13.3. The highest BCUT2D eigenvalue weighted by Crippen LogP contribution is 2.37. The highest BCUT2D eigenvalue weighted by atomic mass is 15.2. The molecule has 1 heterocycles. The second-order valence-electron chi connectivity index (χ2n) is 11.4. The average Bonchev–Trinajstić information content (AvgIpc) is 3.34. The highest BCUT2D eigenvalue weighted by Gasteiger charge is 2.25. The Balaban J connectivity index is 1.20. The summed E-state index contributed by atoms with van der Waals surface area (Å²) in [6, 6.07) is 29.2. The SMILES string of the molecule is CC1=CC(C)C(N(c2ccccc2)c2ccc(-c3ccc(-n4c5c(c6c4C=CCC6)CCC=C5)cc3)cc2)C=C1. The van der Waals surface area contributed by atoms with Crippen LogP contribution < -0.4 is 4.90 Å². The molecular weight excluding hydrogens is 484 g/mol. The molecule has 0 spiro atoms. The molecule has 0 fully saturated rings. The van der Waals surface area contributed by atoms with Crippen molar-refractivity contribution in [1.82, 2.24) is 4.57 Å². The van der Waals surface area contributed by atoms with E-state index in [1.807, 2.05) is 0 Å². The highest BCUT2D eigenvalue weighted by molar-refractivity contribution is 5.73. The summed E-state index contributed by atoms with van der Waals surface area (Å²) in [4.78, 5) is 2.47. The number of allylic oxidation sites excluding steroid dienone is 4. The number of nitrogens with zero attached hydrogens (tertiary/aromatic N) is 2. The van der Waals surface area contributed by atoms with Gasteiger partial charge in [-0.15, -0.1) is 0 Å². The zero-order valence-electron chi connectivity index (χ0n) is 23.4. The Labute approximate surface area is 238 Å². The molecule has 0 bridgehead atoms. The lowest BCUT2D eigenvalue weighted by Crippen LogP contribution is -2.35. The van der Waals surface area contributed by atoms with Crippen molar-refractivity contribution < 1.29 is 0 Å². The van der Waals surface area contributed by atoms with Crippen LogP contribution in [0, 0.1) is 5.92 Å². The van der Waals surface area contributed by atoms with E-state index >= 15 is 0 Å². The fourth-order valence-electron chi connectivity index (χ4n) is 6.76. The Morgan fingerprint density at radius 3 is 1.85 bits per heavy atom. The molecule has 0 N–H and O–H groups in total. The summed E-state index contributed by atoms with van der Waals surface area (Å²) in [5.74, 6) is 0.423. The summed E-state index contributed by atoms with van der Waals surface area (Å²) in [5, 5.41) is 0. The molecule has 0 saturated carbocycles. The van der Waals surface area contributed by atoms with Crippen LogP contribution in [0.2, 0.25) is 0 Å². The predicted octanol–water partition coefficient (Wildman–Crippen LogP) is 9.72. The van der Waals surface area contributed by atoms with Crippen molar-refractivity contribution in [3.63, 3.8) is 0 Å². The van der Waals surface area contributed by atoms with Crippen molar-refractivity contribution in [1.29, 1.82) is 0 Å². The van der Waals surface area contributed by atoms with Gasteiger partial charge in [-0.2, -0.15) is 0 Å². The van der Waals surface area contributed by atoms with Crippen LogP contribution in [0.25, 0.3) is 29.0 Å². The number of rotatable bonds is 5. The summed E-state index contributed by atoms with van der Waals surface area (Å²) in [7, 11) is 0. The predicted molar refractivity (Wildman–Crippen MR) is 170 cm³/mol. The van der Waals surface area contributed by atoms with Crippen molar-refractivity contribution in [2.24, 2.45) is 5.92 Å². The smallest absolute Gasteiger partial charge is 0.0585 e. The summed E-state index contributed by atoms with van der Waals surface area (Å²) in [6.45, 7) is 4.50. The second kappa shape index (κ2) is 10.4.